The maximum absolute atomic E-state index is 10.9. The minimum absolute atomic E-state index is 0.142. The minimum atomic E-state index is -0.530. The summed E-state index contributed by atoms with van der Waals surface area (Å²) in [6, 6.07) is 5.69. The van der Waals surface area contributed by atoms with Crippen LogP contribution in [0.25, 0.3) is 0 Å². The first kappa shape index (κ1) is 14.7. The molecule has 0 bridgehead atoms. The van der Waals surface area contributed by atoms with Crippen LogP contribution in [-0.2, 0) is 0 Å². The number of aromatic hydroxyl groups is 1. The maximum atomic E-state index is 10.9. The van der Waals surface area contributed by atoms with E-state index in [1.54, 1.807) is 6.07 Å². The average Bonchev–Trinajstić information content (AvgIpc) is 2.48. The van der Waals surface area contributed by atoms with Crippen LogP contribution in [0.2, 0.25) is 0 Å². The topological polar surface area (TPSA) is 61.7 Å². The molecule has 3 N–H and O–H groups in total. The van der Waals surface area contributed by atoms with Crippen LogP contribution in [0.5, 0.6) is 11.5 Å². The summed E-state index contributed by atoms with van der Waals surface area (Å²) < 4.78 is 5.49. The van der Waals surface area contributed by atoms with Gasteiger partial charge in [-0.2, -0.15) is 0 Å². The molecular formula is C17H25NO3. The number of phenols is 1. The van der Waals surface area contributed by atoms with Crippen molar-refractivity contribution in [1.29, 1.82) is 0 Å². The zero-order valence-electron chi connectivity index (χ0n) is 12.6. The maximum Gasteiger partial charge on any atom is 0.161 e. The molecule has 1 saturated carbocycles. The number of benzene rings is 1. The predicted molar refractivity (Wildman–Crippen MR) is 81.5 cm³/mol. The highest BCUT2D eigenvalue weighted by Gasteiger charge is 2.45. The molecule has 2 unspecified atom stereocenters. The molecule has 4 heteroatoms. The molecule has 1 aliphatic carbocycles. The largest absolute Gasteiger partial charge is 0.504 e. The molecule has 21 heavy (non-hydrogen) atoms. The summed E-state index contributed by atoms with van der Waals surface area (Å²) in [5.74, 6) is 0.955. The third kappa shape index (κ3) is 2.74. The average molecular weight is 291 g/mol. The van der Waals surface area contributed by atoms with E-state index in [0.717, 1.165) is 37.8 Å². The first-order valence-electron chi connectivity index (χ1n) is 8.05. The monoisotopic (exact) mass is 291 g/mol. The van der Waals surface area contributed by atoms with E-state index >= 15 is 0 Å². The number of hydrogen-bond donors (Lipinski definition) is 3. The first-order chi connectivity index (χ1) is 10.1. The summed E-state index contributed by atoms with van der Waals surface area (Å²) in [5.41, 5.74) is 0.568. The second-order valence-electron chi connectivity index (χ2n) is 6.30. The summed E-state index contributed by atoms with van der Waals surface area (Å²) in [6.45, 7) is 3.27. The van der Waals surface area contributed by atoms with E-state index in [9.17, 15) is 10.2 Å². The molecule has 1 saturated heterocycles. The van der Waals surface area contributed by atoms with Crippen LogP contribution < -0.4 is 10.1 Å². The number of fused-ring (bicyclic) bond motifs is 1. The Morgan fingerprint density at radius 2 is 2.19 bits per heavy atom. The lowest BCUT2D eigenvalue weighted by Crippen LogP contribution is -2.53. The van der Waals surface area contributed by atoms with E-state index < -0.39 is 5.60 Å². The fourth-order valence-electron chi connectivity index (χ4n) is 3.97. The van der Waals surface area contributed by atoms with Gasteiger partial charge < -0.3 is 20.3 Å². The SMILES string of the molecule is CCOc1cc([C@@H]2NCCC3(O)CCCCC23)ccc1O. The van der Waals surface area contributed by atoms with Gasteiger partial charge in [-0.05, 0) is 50.4 Å². The van der Waals surface area contributed by atoms with Gasteiger partial charge in [-0.1, -0.05) is 18.9 Å². The zero-order chi connectivity index (χ0) is 14.9. The summed E-state index contributed by atoms with van der Waals surface area (Å²) in [6.07, 6.45) is 5.11. The third-order valence-electron chi connectivity index (χ3n) is 5.03. The molecule has 2 fully saturated rings. The molecule has 1 aliphatic heterocycles. The zero-order valence-corrected chi connectivity index (χ0v) is 12.6. The Labute approximate surface area is 126 Å². The van der Waals surface area contributed by atoms with Gasteiger partial charge in [-0.25, -0.2) is 0 Å². The summed E-state index contributed by atoms with van der Waals surface area (Å²) in [5, 5.41) is 24.3. The van der Waals surface area contributed by atoms with Crippen LogP contribution in [-0.4, -0.2) is 29.0 Å². The van der Waals surface area contributed by atoms with Crippen LogP contribution in [0.3, 0.4) is 0 Å². The third-order valence-corrected chi connectivity index (χ3v) is 5.03. The Kier molecular flexibility index (Phi) is 4.09. The van der Waals surface area contributed by atoms with E-state index in [2.05, 4.69) is 5.32 Å². The highest BCUT2D eigenvalue weighted by Crippen LogP contribution is 2.46. The molecule has 1 heterocycles. The van der Waals surface area contributed by atoms with Crippen LogP contribution in [0.1, 0.15) is 50.6 Å². The van der Waals surface area contributed by atoms with Gasteiger partial charge in [-0.3, -0.25) is 0 Å². The van der Waals surface area contributed by atoms with Crippen molar-refractivity contribution in [2.45, 2.75) is 50.7 Å². The molecule has 0 amide bonds. The molecule has 0 spiro atoms. The molecule has 0 radical (unpaired) electrons. The van der Waals surface area contributed by atoms with Gasteiger partial charge in [0.15, 0.2) is 11.5 Å². The number of aliphatic hydroxyl groups is 1. The number of rotatable bonds is 3. The quantitative estimate of drug-likeness (QED) is 0.801. The van der Waals surface area contributed by atoms with Crippen molar-refractivity contribution >= 4 is 0 Å². The summed E-state index contributed by atoms with van der Waals surface area (Å²) >= 11 is 0. The fourth-order valence-corrected chi connectivity index (χ4v) is 3.97. The van der Waals surface area contributed by atoms with E-state index in [-0.39, 0.29) is 17.7 Å². The van der Waals surface area contributed by atoms with Crippen molar-refractivity contribution in [3.05, 3.63) is 23.8 Å². The lowest BCUT2D eigenvalue weighted by atomic mass is 9.67. The Bertz CT molecular complexity index is 501. The molecular weight excluding hydrogens is 266 g/mol. The molecule has 1 aromatic rings. The van der Waals surface area contributed by atoms with E-state index in [4.69, 9.17) is 4.74 Å². The number of hydrogen-bond acceptors (Lipinski definition) is 4. The first-order valence-corrected chi connectivity index (χ1v) is 8.05. The fraction of sp³-hybridized carbons (Fsp3) is 0.647. The van der Waals surface area contributed by atoms with Crippen molar-refractivity contribution in [3.8, 4) is 11.5 Å². The van der Waals surface area contributed by atoms with Crippen molar-refractivity contribution in [1.82, 2.24) is 5.32 Å². The number of ether oxygens (including phenoxy) is 1. The van der Waals surface area contributed by atoms with E-state index in [1.807, 2.05) is 19.1 Å². The van der Waals surface area contributed by atoms with Crippen molar-refractivity contribution in [2.75, 3.05) is 13.2 Å². The van der Waals surface area contributed by atoms with Gasteiger partial charge in [0.2, 0.25) is 0 Å². The second kappa shape index (κ2) is 5.85. The van der Waals surface area contributed by atoms with Gasteiger partial charge in [0.1, 0.15) is 0 Å². The lowest BCUT2D eigenvalue weighted by Gasteiger charge is -2.48. The molecule has 4 nitrogen and oxygen atoms in total. The Balaban J connectivity index is 1.89. The Morgan fingerprint density at radius 3 is 3.00 bits per heavy atom. The molecule has 116 valence electrons. The smallest absolute Gasteiger partial charge is 0.161 e. The molecule has 1 aromatic carbocycles. The van der Waals surface area contributed by atoms with E-state index in [0.29, 0.717) is 12.4 Å². The second-order valence-corrected chi connectivity index (χ2v) is 6.30. The van der Waals surface area contributed by atoms with Gasteiger partial charge in [0, 0.05) is 12.0 Å². The Morgan fingerprint density at radius 1 is 1.33 bits per heavy atom. The van der Waals surface area contributed by atoms with Gasteiger partial charge >= 0.3 is 0 Å². The van der Waals surface area contributed by atoms with Gasteiger partial charge in [0.05, 0.1) is 12.2 Å². The number of piperidine rings is 1. The predicted octanol–water partition coefficient (Wildman–Crippen LogP) is 2.75. The van der Waals surface area contributed by atoms with Gasteiger partial charge in [-0.15, -0.1) is 0 Å². The van der Waals surface area contributed by atoms with Crippen LogP contribution in [0, 0.1) is 5.92 Å². The van der Waals surface area contributed by atoms with Crippen LogP contribution in [0.4, 0.5) is 0 Å². The standard InChI is InChI=1S/C17H25NO3/c1-2-21-15-11-12(6-7-14(15)19)16-13-5-3-4-8-17(13,20)9-10-18-16/h6-7,11,13,16,18-20H,2-5,8-10H2,1H3/t13?,16-,17?/m0/s1. The van der Waals surface area contributed by atoms with Crippen molar-refractivity contribution in [3.63, 3.8) is 0 Å². The summed E-state index contributed by atoms with van der Waals surface area (Å²) in [7, 11) is 0. The van der Waals surface area contributed by atoms with Crippen molar-refractivity contribution < 1.29 is 14.9 Å². The summed E-state index contributed by atoms with van der Waals surface area (Å²) in [4.78, 5) is 0. The van der Waals surface area contributed by atoms with Gasteiger partial charge in [0.25, 0.3) is 0 Å². The minimum Gasteiger partial charge on any atom is -0.504 e. The molecule has 3 atom stereocenters. The number of nitrogens with one attached hydrogen (secondary N) is 1. The highest BCUT2D eigenvalue weighted by molar-refractivity contribution is 5.43. The Hall–Kier alpha value is -1.26. The lowest BCUT2D eigenvalue weighted by molar-refractivity contribution is -0.0861. The van der Waals surface area contributed by atoms with Crippen molar-refractivity contribution in [2.24, 2.45) is 5.92 Å². The number of phenolic OH excluding ortho intramolecular Hbond substituents is 1. The molecule has 2 aliphatic rings. The molecule has 3 rings (SSSR count). The van der Waals surface area contributed by atoms with Crippen LogP contribution >= 0.6 is 0 Å². The molecule has 0 aromatic heterocycles. The van der Waals surface area contributed by atoms with E-state index in [1.165, 1.54) is 6.42 Å². The highest BCUT2D eigenvalue weighted by atomic mass is 16.5. The normalized spacial score (nSPS) is 32.5. The van der Waals surface area contributed by atoms with Crippen LogP contribution in [0.15, 0.2) is 18.2 Å².